The maximum absolute atomic E-state index is 10.9. The topological polar surface area (TPSA) is 57.5 Å². The van der Waals surface area contributed by atoms with Gasteiger partial charge in [-0.05, 0) is 18.6 Å². The van der Waals surface area contributed by atoms with Crippen LogP contribution in [0.15, 0.2) is 29.2 Å². The zero-order valence-electron chi connectivity index (χ0n) is 8.51. The second-order valence-electron chi connectivity index (χ2n) is 3.17. The predicted octanol–water partition coefficient (Wildman–Crippen LogP) is 2.25. The summed E-state index contributed by atoms with van der Waals surface area (Å²) in [7, 11) is 0. The van der Waals surface area contributed by atoms with Crippen molar-refractivity contribution in [3.05, 3.63) is 29.8 Å². The van der Waals surface area contributed by atoms with Crippen molar-refractivity contribution in [2.45, 2.75) is 24.3 Å². The number of thioether (sulfide) groups is 1. The average molecular weight is 226 g/mol. The van der Waals surface area contributed by atoms with E-state index in [1.54, 1.807) is 24.3 Å². The monoisotopic (exact) mass is 226 g/mol. The Labute approximate surface area is 93.1 Å². The Bertz CT molecular complexity index is 338. The number of aliphatic hydroxyl groups excluding tert-OH is 1. The fourth-order valence-electron chi connectivity index (χ4n) is 1.07. The summed E-state index contributed by atoms with van der Waals surface area (Å²) in [5, 5.41) is 18.3. The van der Waals surface area contributed by atoms with Crippen LogP contribution >= 0.6 is 11.8 Å². The quantitative estimate of drug-likeness (QED) is 0.756. The number of aliphatic hydroxyl groups is 1. The molecule has 0 aliphatic carbocycles. The van der Waals surface area contributed by atoms with Crippen molar-refractivity contribution in [3.8, 4) is 0 Å². The molecule has 0 saturated heterocycles. The van der Waals surface area contributed by atoms with Crippen LogP contribution in [0.1, 0.15) is 23.7 Å². The summed E-state index contributed by atoms with van der Waals surface area (Å²) in [6, 6.07) is 6.83. The molecule has 4 heteroatoms. The molecule has 15 heavy (non-hydrogen) atoms. The van der Waals surface area contributed by atoms with Crippen LogP contribution in [0, 0.1) is 0 Å². The molecule has 0 aliphatic rings. The van der Waals surface area contributed by atoms with Crippen molar-refractivity contribution < 1.29 is 15.0 Å². The molecule has 1 aromatic carbocycles. The standard InChI is InChI=1S/C11H14O3S/c1-2-8(12)7-15-10-6-4-3-5-9(10)11(13)14/h3-6,8,12H,2,7H2,1H3,(H,13,14). The normalized spacial score (nSPS) is 12.4. The molecule has 0 heterocycles. The van der Waals surface area contributed by atoms with Crippen molar-refractivity contribution in [3.63, 3.8) is 0 Å². The lowest BCUT2D eigenvalue weighted by molar-refractivity contribution is 0.0693. The average Bonchev–Trinajstić information content (AvgIpc) is 2.26. The third kappa shape index (κ3) is 3.57. The van der Waals surface area contributed by atoms with E-state index in [0.717, 1.165) is 0 Å². The van der Waals surface area contributed by atoms with Crippen LogP contribution < -0.4 is 0 Å². The van der Waals surface area contributed by atoms with E-state index in [-0.39, 0.29) is 6.10 Å². The number of carboxylic acids is 1. The predicted molar refractivity (Wildman–Crippen MR) is 60.4 cm³/mol. The van der Waals surface area contributed by atoms with Crippen molar-refractivity contribution in [1.82, 2.24) is 0 Å². The van der Waals surface area contributed by atoms with E-state index in [4.69, 9.17) is 5.11 Å². The molecule has 0 fully saturated rings. The number of hydrogen-bond acceptors (Lipinski definition) is 3. The van der Waals surface area contributed by atoms with E-state index < -0.39 is 5.97 Å². The van der Waals surface area contributed by atoms with Gasteiger partial charge < -0.3 is 10.2 Å². The van der Waals surface area contributed by atoms with Crippen LogP contribution in [0.4, 0.5) is 0 Å². The van der Waals surface area contributed by atoms with E-state index in [1.165, 1.54) is 11.8 Å². The Morgan fingerprint density at radius 1 is 1.47 bits per heavy atom. The highest BCUT2D eigenvalue weighted by Crippen LogP contribution is 2.23. The molecule has 1 unspecified atom stereocenters. The van der Waals surface area contributed by atoms with Gasteiger partial charge in [-0.15, -0.1) is 11.8 Å². The van der Waals surface area contributed by atoms with Crippen LogP contribution in [-0.2, 0) is 0 Å². The lowest BCUT2D eigenvalue weighted by Gasteiger charge is -2.08. The number of rotatable bonds is 5. The molecule has 3 nitrogen and oxygen atoms in total. The molecule has 82 valence electrons. The summed E-state index contributed by atoms with van der Waals surface area (Å²) in [4.78, 5) is 11.6. The number of benzene rings is 1. The van der Waals surface area contributed by atoms with Crippen LogP contribution in [-0.4, -0.2) is 28.0 Å². The van der Waals surface area contributed by atoms with E-state index in [2.05, 4.69) is 0 Å². The van der Waals surface area contributed by atoms with Crippen molar-refractivity contribution >= 4 is 17.7 Å². The van der Waals surface area contributed by atoms with E-state index >= 15 is 0 Å². The smallest absolute Gasteiger partial charge is 0.336 e. The van der Waals surface area contributed by atoms with Crippen molar-refractivity contribution in [2.24, 2.45) is 0 Å². The summed E-state index contributed by atoms with van der Waals surface area (Å²) in [5.41, 5.74) is 0.297. The summed E-state index contributed by atoms with van der Waals surface area (Å²) < 4.78 is 0. The Balaban J connectivity index is 2.72. The van der Waals surface area contributed by atoms with Gasteiger partial charge in [0, 0.05) is 10.6 Å². The lowest BCUT2D eigenvalue weighted by Crippen LogP contribution is -2.08. The number of carbonyl (C=O) groups is 1. The molecule has 0 aliphatic heterocycles. The highest BCUT2D eigenvalue weighted by Gasteiger charge is 2.10. The van der Waals surface area contributed by atoms with Gasteiger partial charge in [0.15, 0.2) is 0 Å². The molecule has 0 bridgehead atoms. The van der Waals surface area contributed by atoms with E-state index in [1.807, 2.05) is 6.92 Å². The molecular formula is C11H14O3S. The van der Waals surface area contributed by atoms with Gasteiger partial charge in [0.25, 0.3) is 0 Å². The lowest BCUT2D eigenvalue weighted by atomic mass is 10.2. The number of aromatic carboxylic acids is 1. The molecule has 0 spiro atoms. The highest BCUT2D eigenvalue weighted by atomic mass is 32.2. The van der Waals surface area contributed by atoms with Gasteiger partial charge in [-0.25, -0.2) is 4.79 Å². The minimum atomic E-state index is -0.927. The Morgan fingerprint density at radius 2 is 2.13 bits per heavy atom. The minimum Gasteiger partial charge on any atom is -0.478 e. The largest absolute Gasteiger partial charge is 0.478 e. The maximum atomic E-state index is 10.9. The summed E-state index contributed by atoms with van der Waals surface area (Å²) in [6.45, 7) is 1.90. The Kier molecular flexibility index (Phi) is 4.65. The molecule has 0 amide bonds. The van der Waals surface area contributed by atoms with Gasteiger partial charge in [-0.3, -0.25) is 0 Å². The first-order chi connectivity index (χ1) is 7.15. The summed E-state index contributed by atoms with van der Waals surface area (Å²) in [6.07, 6.45) is 0.305. The third-order valence-corrected chi connectivity index (χ3v) is 3.24. The first kappa shape index (κ1) is 12.1. The van der Waals surface area contributed by atoms with Crippen LogP contribution in [0.25, 0.3) is 0 Å². The molecule has 1 rings (SSSR count). The van der Waals surface area contributed by atoms with Crippen molar-refractivity contribution in [1.29, 1.82) is 0 Å². The Morgan fingerprint density at radius 3 is 2.73 bits per heavy atom. The molecule has 0 aromatic heterocycles. The zero-order valence-corrected chi connectivity index (χ0v) is 9.33. The SMILES string of the molecule is CCC(O)CSc1ccccc1C(=O)O. The highest BCUT2D eigenvalue weighted by molar-refractivity contribution is 7.99. The van der Waals surface area contributed by atoms with E-state index in [9.17, 15) is 9.90 Å². The van der Waals surface area contributed by atoms with Gasteiger partial charge in [-0.1, -0.05) is 19.1 Å². The molecular weight excluding hydrogens is 212 g/mol. The van der Waals surface area contributed by atoms with E-state index in [0.29, 0.717) is 22.6 Å². The van der Waals surface area contributed by atoms with Gasteiger partial charge in [0.1, 0.15) is 0 Å². The molecule has 0 saturated carbocycles. The van der Waals surface area contributed by atoms with Gasteiger partial charge in [0.05, 0.1) is 11.7 Å². The first-order valence-corrected chi connectivity index (χ1v) is 5.77. The van der Waals surface area contributed by atoms with Crippen LogP contribution in [0.3, 0.4) is 0 Å². The Hall–Kier alpha value is -1.00. The second kappa shape index (κ2) is 5.78. The van der Waals surface area contributed by atoms with Crippen LogP contribution in [0.5, 0.6) is 0 Å². The van der Waals surface area contributed by atoms with Gasteiger partial charge >= 0.3 is 5.97 Å². The minimum absolute atomic E-state index is 0.297. The molecule has 1 atom stereocenters. The second-order valence-corrected chi connectivity index (χ2v) is 4.24. The summed E-state index contributed by atoms with van der Waals surface area (Å²) >= 11 is 1.38. The molecule has 0 radical (unpaired) electrons. The van der Waals surface area contributed by atoms with Gasteiger partial charge in [0.2, 0.25) is 0 Å². The maximum Gasteiger partial charge on any atom is 0.336 e. The van der Waals surface area contributed by atoms with Gasteiger partial charge in [-0.2, -0.15) is 0 Å². The fourth-order valence-corrected chi connectivity index (χ4v) is 2.17. The molecule has 2 N–H and O–H groups in total. The fraction of sp³-hybridized carbons (Fsp3) is 0.364. The molecule has 1 aromatic rings. The van der Waals surface area contributed by atoms with Crippen molar-refractivity contribution in [2.75, 3.05) is 5.75 Å². The van der Waals surface area contributed by atoms with Crippen LogP contribution in [0.2, 0.25) is 0 Å². The first-order valence-electron chi connectivity index (χ1n) is 4.78. The number of carboxylic acid groups (broad SMARTS) is 1. The number of hydrogen-bond donors (Lipinski definition) is 2. The third-order valence-electron chi connectivity index (χ3n) is 2.02. The zero-order chi connectivity index (χ0) is 11.3. The summed E-state index contributed by atoms with van der Waals surface area (Å²) in [5.74, 6) is -0.398.